The molecule has 64 heavy (non-hydrogen) atoms. The quantitative estimate of drug-likeness (QED) is 0.167. The molecule has 0 saturated carbocycles. The predicted octanol–water partition coefficient (Wildman–Crippen LogP) is 16.4. The van der Waals surface area contributed by atoms with E-state index in [4.69, 9.17) is 9.47 Å². The third kappa shape index (κ3) is 5.28. The minimum absolute atomic E-state index is 0.475. The summed E-state index contributed by atoms with van der Waals surface area (Å²) in [5.41, 5.74) is 19.3. The summed E-state index contributed by atoms with van der Waals surface area (Å²) < 4.78 is 14.0. The maximum atomic E-state index is 7.18. The highest BCUT2D eigenvalue weighted by Crippen LogP contribution is 2.66. The molecule has 0 atom stereocenters. The van der Waals surface area contributed by atoms with Crippen LogP contribution in [0.3, 0.4) is 0 Å². The van der Waals surface area contributed by atoms with Crippen molar-refractivity contribution < 1.29 is 9.47 Å². The number of ether oxygens (including phenoxy) is 2. The zero-order valence-corrected chi connectivity index (χ0v) is 34.8. The highest BCUT2D eigenvalue weighted by atomic mass is 16.6. The molecule has 13 rings (SSSR count). The Hall–Kier alpha value is -8.40. The van der Waals surface area contributed by atoms with Gasteiger partial charge in [-0.15, -0.1) is 0 Å². The average Bonchev–Trinajstić information content (AvgIpc) is 3.84. The molecule has 3 aliphatic rings. The van der Waals surface area contributed by atoms with Gasteiger partial charge in [-0.1, -0.05) is 194 Å². The monoisotopic (exact) mass is 817 g/mol. The van der Waals surface area contributed by atoms with Crippen molar-refractivity contribution >= 4 is 17.1 Å². The van der Waals surface area contributed by atoms with E-state index >= 15 is 0 Å². The molecule has 1 heterocycles. The number of nitrogens with zero attached hydrogens (tertiary/aromatic N) is 1. The van der Waals surface area contributed by atoms with Gasteiger partial charge >= 0.3 is 0 Å². The van der Waals surface area contributed by atoms with Crippen LogP contribution in [0.5, 0.6) is 23.0 Å². The maximum Gasteiger partial charge on any atom is 0.178 e. The van der Waals surface area contributed by atoms with E-state index in [0.29, 0.717) is 17.2 Å². The van der Waals surface area contributed by atoms with Crippen LogP contribution < -0.4 is 14.4 Å². The van der Waals surface area contributed by atoms with Crippen LogP contribution >= 0.6 is 0 Å². The summed E-state index contributed by atoms with van der Waals surface area (Å²) in [6.07, 6.45) is 0. The van der Waals surface area contributed by atoms with Crippen molar-refractivity contribution in [2.45, 2.75) is 5.41 Å². The zero-order valence-electron chi connectivity index (χ0n) is 34.8. The van der Waals surface area contributed by atoms with Crippen molar-refractivity contribution in [2.24, 2.45) is 0 Å². The lowest BCUT2D eigenvalue weighted by atomic mass is 9.70. The van der Waals surface area contributed by atoms with Crippen LogP contribution in [0.4, 0.5) is 17.1 Å². The summed E-state index contributed by atoms with van der Waals surface area (Å²) in [4.78, 5) is 2.39. The van der Waals surface area contributed by atoms with Gasteiger partial charge in [-0.25, -0.2) is 0 Å². The minimum atomic E-state index is -0.475. The first kappa shape index (κ1) is 36.3. The van der Waals surface area contributed by atoms with Crippen molar-refractivity contribution in [3.8, 4) is 78.6 Å². The average molecular weight is 818 g/mol. The number of hydrogen-bond acceptors (Lipinski definition) is 3. The number of benzene rings is 10. The van der Waals surface area contributed by atoms with Crippen LogP contribution in [-0.2, 0) is 5.41 Å². The second-order valence-corrected chi connectivity index (χ2v) is 16.7. The standard InChI is InChI=1S/C61H39NO2/c1-3-19-40(20-4-1)43-23-7-8-25-45(43)48-28-13-18-34-55(48)62(42-21-5-2-6-22-42)54-33-17-12-24-44(54)41-35-37-56-58(39-41)64-60-57(63-56)38-36-53-59(60)49-29-11-16-32-52(49)61(53)50-30-14-9-26-46(50)47-27-10-15-31-51(47)61/h1-39H. The fourth-order valence-corrected chi connectivity index (χ4v) is 10.8. The predicted molar refractivity (Wildman–Crippen MR) is 260 cm³/mol. The normalized spacial score (nSPS) is 13.1. The number of rotatable bonds is 6. The Labute approximate surface area is 372 Å². The van der Waals surface area contributed by atoms with Gasteiger partial charge in [0.2, 0.25) is 0 Å². The molecule has 3 heteroatoms. The minimum Gasteiger partial charge on any atom is -0.449 e. The molecule has 1 spiro atoms. The van der Waals surface area contributed by atoms with Crippen molar-refractivity contribution in [2.75, 3.05) is 4.90 Å². The van der Waals surface area contributed by atoms with E-state index < -0.39 is 5.41 Å². The van der Waals surface area contributed by atoms with Crippen LogP contribution in [-0.4, -0.2) is 0 Å². The molecular weight excluding hydrogens is 779 g/mol. The van der Waals surface area contributed by atoms with Crippen molar-refractivity contribution in [3.63, 3.8) is 0 Å². The van der Waals surface area contributed by atoms with Crippen molar-refractivity contribution in [1.29, 1.82) is 0 Å². The van der Waals surface area contributed by atoms with E-state index in [2.05, 4.69) is 235 Å². The van der Waals surface area contributed by atoms with Gasteiger partial charge in [0.05, 0.1) is 16.8 Å². The van der Waals surface area contributed by atoms with Gasteiger partial charge in [-0.2, -0.15) is 0 Å². The van der Waals surface area contributed by atoms with Crippen LogP contribution in [0.2, 0.25) is 0 Å². The Bertz CT molecular complexity index is 3420. The van der Waals surface area contributed by atoms with Crippen molar-refractivity contribution in [3.05, 3.63) is 259 Å². The molecule has 0 radical (unpaired) electrons. The molecule has 300 valence electrons. The summed E-state index contributed by atoms with van der Waals surface area (Å²) in [5, 5.41) is 0. The molecule has 0 amide bonds. The highest BCUT2D eigenvalue weighted by Gasteiger charge is 2.53. The Morgan fingerprint density at radius 3 is 1.48 bits per heavy atom. The molecule has 0 N–H and O–H groups in total. The smallest absolute Gasteiger partial charge is 0.178 e. The molecule has 3 nitrogen and oxygen atoms in total. The molecular formula is C61H39NO2. The van der Waals surface area contributed by atoms with E-state index in [9.17, 15) is 0 Å². The van der Waals surface area contributed by atoms with E-state index in [-0.39, 0.29) is 0 Å². The van der Waals surface area contributed by atoms with Crippen LogP contribution in [0.1, 0.15) is 22.3 Å². The number of hydrogen-bond donors (Lipinski definition) is 0. The molecule has 0 aromatic heterocycles. The highest BCUT2D eigenvalue weighted by molar-refractivity contribution is 5.99. The Kier molecular flexibility index (Phi) is 8.13. The molecule has 0 saturated heterocycles. The third-order valence-corrected chi connectivity index (χ3v) is 13.4. The Morgan fingerprint density at radius 1 is 0.297 bits per heavy atom. The number of fused-ring (bicyclic) bond motifs is 13. The van der Waals surface area contributed by atoms with E-state index in [1.165, 1.54) is 55.6 Å². The summed E-state index contributed by atoms with van der Waals surface area (Å²) in [5.74, 6) is 2.84. The fraction of sp³-hybridized carbons (Fsp3) is 0.0164. The van der Waals surface area contributed by atoms with Gasteiger partial charge in [-0.3, -0.25) is 0 Å². The lowest BCUT2D eigenvalue weighted by Gasteiger charge is -2.31. The maximum absolute atomic E-state index is 7.18. The second kappa shape index (κ2) is 14.3. The van der Waals surface area contributed by atoms with Crippen LogP contribution in [0, 0.1) is 0 Å². The molecule has 2 aliphatic carbocycles. The molecule has 10 aromatic rings. The lowest BCUT2D eigenvalue weighted by Crippen LogP contribution is -2.25. The van der Waals surface area contributed by atoms with Gasteiger partial charge in [0.25, 0.3) is 0 Å². The molecule has 0 unspecified atom stereocenters. The van der Waals surface area contributed by atoms with Crippen LogP contribution in [0.25, 0.3) is 55.6 Å². The van der Waals surface area contributed by atoms with Gasteiger partial charge in [-0.05, 0) is 104 Å². The summed E-state index contributed by atoms with van der Waals surface area (Å²) >= 11 is 0. The van der Waals surface area contributed by atoms with E-state index in [1.54, 1.807) is 0 Å². The van der Waals surface area contributed by atoms with Gasteiger partial charge in [0.1, 0.15) is 0 Å². The van der Waals surface area contributed by atoms with Gasteiger partial charge in [0, 0.05) is 22.4 Å². The number of para-hydroxylation sites is 3. The molecule has 1 aliphatic heterocycles. The van der Waals surface area contributed by atoms with Crippen molar-refractivity contribution in [1.82, 2.24) is 0 Å². The third-order valence-electron chi connectivity index (χ3n) is 13.4. The summed E-state index contributed by atoms with van der Waals surface area (Å²) in [6, 6.07) is 84.7. The second-order valence-electron chi connectivity index (χ2n) is 16.7. The molecule has 0 bridgehead atoms. The summed E-state index contributed by atoms with van der Waals surface area (Å²) in [6.45, 7) is 0. The number of anilines is 3. The Balaban J connectivity index is 0.955. The van der Waals surface area contributed by atoms with E-state index in [0.717, 1.165) is 45.1 Å². The first-order valence-electron chi connectivity index (χ1n) is 21.9. The van der Waals surface area contributed by atoms with Gasteiger partial charge in [0.15, 0.2) is 23.0 Å². The van der Waals surface area contributed by atoms with E-state index in [1.807, 2.05) is 6.07 Å². The first-order valence-corrected chi connectivity index (χ1v) is 21.9. The molecule has 0 fully saturated rings. The van der Waals surface area contributed by atoms with Crippen LogP contribution in [0.15, 0.2) is 237 Å². The lowest BCUT2D eigenvalue weighted by molar-refractivity contribution is 0.360. The largest absolute Gasteiger partial charge is 0.449 e. The molecule has 10 aromatic carbocycles. The topological polar surface area (TPSA) is 21.7 Å². The Morgan fingerprint density at radius 2 is 0.797 bits per heavy atom. The summed E-state index contributed by atoms with van der Waals surface area (Å²) in [7, 11) is 0. The zero-order chi connectivity index (χ0) is 42.2. The fourth-order valence-electron chi connectivity index (χ4n) is 10.8. The SMILES string of the molecule is c1ccc(-c2ccccc2-c2ccccc2N(c2ccccc2)c2ccccc2-c2ccc3c(c2)Oc2c(ccc4c2-c2ccccc2C42c4ccccc4-c4ccccc42)O3)cc1. The first-order chi connectivity index (χ1) is 31.8. The van der Waals surface area contributed by atoms with Gasteiger partial charge < -0.3 is 14.4 Å².